The van der Waals surface area contributed by atoms with Crippen molar-refractivity contribution in [3.8, 4) is 0 Å². The molecule has 1 amide bonds. The molecule has 5 nitrogen and oxygen atoms in total. The van der Waals surface area contributed by atoms with E-state index in [4.69, 9.17) is 9.47 Å². The predicted molar refractivity (Wildman–Crippen MR) is 70.7 cm³/mol. The summed E-state index contributed by atoms with van der Waals surface area (Å²) in [6.45, 7) is 4.16. The molecule has 0 bridgehead atoms. The number of amides is 1. The fourth-order valence-corrected chi connectivity index (χ4v) is 1.29. The molecule has 0 fully saturated rings. The average Bonchev–Trinajstić information content (AvgIpc) is 2.42. The molecule has 0 heterocycles. The minimum atomic E-state index is -0.514. The van der Waals surface area contributed by atoms with Crippen molar-refractivity contribution in [3.05, 3.63) is 35.4 Å². The minimum absolute atomic E-state index is 0.164. The van der Waals surface area contributed by atoms with Gasteiger partial charge < -0.3 is 14.8 Å². The van der Waals surface area contributed by atoms with E-state index in [1.807, 2.05) is 13.8 Å². The van der Waals surface area contributed by atoms with Crippen LogP contribution in [0.15, 0.2) is 24.3 Å². The molecule has 0 aliphatic rings. The lowest BCUT2D eigenvalue weighted by atomic mass is 10.1. The molecule has 1 aromatic carbocycles. The quantitative estimate of drug-likeness (QED) is 0.792. The molecule has 0 aliphatic heterocycles. The fraction of sp³-hybridized carbons (Fsp3) is 0.429. The second-order valence-electron chi connectivity index (χ2n) is 4.31. The van der Waals surface area contributed by atoms with Crippen LogP contribution in [0.2, 0.25) is 0 Å². The van der Waals surface area contributed by atoms with Crippen LogP contribution in [-0.2, 0) is 20.9 Å². The number of rotatable bonds is 6. The minimum Gasteiger partial charge on any atom is -0.452 e. The summed E-state index contributed by atoms with van der Waals surface area (Å²) in [6, 6.07) is 6.92. The Bertz CT molecular complexity index is 426. The Balaban J connectivity index is 2.51. The number of likely N-dealkylation sites (N-methyl/N-ethyl adjacent to an activating group) is 1. The van der Waals surface area contributed by atoms with Crippen LogP contribution in [0.3, 0.4) is 0 Å². The third-order valence-corrected chi connectivity index (χ3v) is 2.39. The summed E-state index contributed by atoms with van der Waals surface area (Å²) >= 11 is 0. The lowest BCUT2D eigenvalue weighted by Crippen LogP contribution is -2.25. The number of hydrogen-bond donors (Lipinski definition) is 1. The molecule has 19 heavy (non-hydrogen) atoms. The van der Waals surface area contributed by atoms with E-state index in [0.717, 1.165) is 5.56 Å². The summed E-state index contributed by atoms with van der Waals surface area (Å²) in [5.41, 5.74) is 1.40. The monoisotopic (exact) mass is 265 g/mol. The highest BCUT2D eigenvalue weighted by Gasteiger charge is 2.09. The van der Waals surface area contributed by atoms with Crippen molar-refractivity contribution in [3.63, 3.8) is 0 Å². The third-order valence-electron chi connectivity index (χ3n) is 2.39. The topological polar surface area (TPSA) is 64.6 Å². The summed E-state index contributed by atoms with van der Waals surface area (Å²) in [7, 11) is 1.49. The molecule has 0 spiro atoms. The number of ether oxygens (including phenoxy) is 2. The van der Waals surface area contributed by atoms with Crippen LogP contribution in [0.5, 0.6) is 0 Å². The molecule has 1 rings (SSSR count). The summed E-state index contributed by atoms with van der Waals surface area (Å²) in [4.78, 5) is 22.6. The Morgan fingerprint density at radius 3 is 2.37 bits per heavy atom. The van der Waals surface area contributed by atoms with Gasteiger partial charge in [-0.3, -0.25) is 4.79 Å². The van der Waals surface area contributed by atoms with E-state index in [1.165, 1.54) is 7.05 Å². The molecule has 0 aliphatic carbocycles. The molecule has 0 radical (unpaired) electrons. The summed E-state index contributed by atoms with van der Waals surface area (Å²) in [5, 5.41) is 2.38. The predicted octanol–water partition coefficient (Wildman–Crippen LogP) is 1.51. The van der Waals surface area contributed by atoms with Crippen LogP contribution in [0.1, 0.15) is 29.8 Å². The van der Waals surface area contributed by atoms with Gasteiger partial charge in [0.25, 0.3) is 5.91 Å². The Kier molecular flexibility index (Phi) is 6.02. The first-order valence-corrected chi connectivity index (χ1v) is 6.11. The number of hydrogen-bond acceptors (Lipinski definition) is 4. The van der Waals surface area contributed by atoms with Crippen molar-refractivity contribution < 1.29 is 19.1 Å². The van der Waals surface area contributed by atoms with E-state index < -0.39 is 5.97 Å². The lowest BCUT2D eigenvalue weighted by Gasteiger charge is -2.08. The molecule has 104 valence electrons. The lowest BCUT2D eigenvalue weighted by molar-refractivity contribution is -0.123. The van der Waals surface area contributed by atoms with Gasteiger partial charge >= 0.3 is 5.97 Å². The van der Waals surface area contributed by atoms with Gasteiger partial charge in [-0.05, 0) is 31.5 Å². The van der Waals surface area contributed by atoms with E-state index >= 15 is 0 Å². The SMILES string of the molecule is CNC(=O)COC(=O)c1ccc(COC(C)C)cc1. The van der Waals surface area contributed by atoms with E-state index in [0.29, 0.717) is 12.2 Å². The van der Waals surface area contributed by atoms with Crippen LogP contribution >= 0.6 is 0 Å². The summed E-state index contributed by atoms with van der Waals surface area (Å²) in [6.07, 6.45) is 0.164. The zero-order valence-corrected chi connectivity index (χ0v) is 11.4. The van der Waals surface area contributed by atoms with Gasteiger partial charge in [-0.1, -0.05) is 12.1 Å². The van der Waals surface area contributed by atoms with Gasteiger partial charge in [0, 0.05) is 7.05 Å². The van der Waals surface area contributed by atoms with Gasteiger partial charge in [0.05, 0.1) is 18.3 Å². The van der Waals surface area contributed by atoms with Crippen molar-refractivity contribution in [1.82, 2.24) is 5.32 Å². The fourth-order valence-electron chi connectivity index (χ4n) is 1.29. The van der Waals surface area contributed by atoms with Crippen LogP contribution < -0.4 is 5.32 Å². The van der Waals surface area contributed by atoms with Gasteiger partial charge in [-0.25, -0.2) is 4.79 Å². The smallest absolute Gasteiger partial charge is 0.338 e. The second-order valence-corrected chi connectivity index (χ2v) is 4.31. The van der Waals surface area contributed by atoms with Crippen LogP contribution in [0, 0.1) is 0 Å². The maximum Gasteiger partial charge on any atom is 0.338 e. The largest absolute Gasteiger partial charge is 0.452 e. The van der Waals surface area contributed by atoms with Crippen molar-refractivity contribution in [1.29, 1.82) is 0 Å². The van der Waals surface area contributed by atoms with Crippen LogP contribution in [0.4, 0.5) is 0 Å². The standard InChI is InChI=1S/C14H19NO4/c1-10(2)18-8-11-4-6-12(7-5-11)14(17)19-9-13(16)15-3/h4-7,10H,8-9H2,1-3H3,(H,15,16). The van der Waals surface area contributed by atoms with E-state index in [1.54, 1.807) is 24.3 Å². The van der Waals surface area contributed by atoms with Gasteiger partial charge in [0.2, 0.25) is 0 Å². The molecule has 1 N–H and O–H groups in total. The van der Waals surface area contributed by atoms with E-state index in [-0.39, 0.29) is 18.6 Å². The number of benzene rings is 1. The highest BCUT2D eigenvalue weighted by molar-refractivity contribution is 5.91. The molecule has 0 unspecified atom stereocenters. The second kappa shape index (κ2) is 7.53. The first-order chi connectivity index (χ1) is 9.02. The molecule has 1 aromatic rings. The molecular weight excluding hydrogens is 246 g/mol. The Hall–Kier alpha value is -1.88. The third kappa shape index (κ3) is 5.52. The highest BCUT2D eigenvalue weighted by Crippen LogP contribution is 2.08. The summed E-state index contributed by atoms with van der Waals surface area (Å²) < 4.78 is 10.3. The number of carbonyl (C=O) groups excluding carboxylic acids is 2. The van der Waals surface area contributed by atoms with Gasteiger partial charge in [0.15, 0.2) is 6.61 Å². The summed E-state index contributed by atoms with van der Waals surface area (Å²) in [5.74, 6) is -0.852. The van der Waals surface area contributed by atoms with Gasteiger partial charge in [-0.15, -0.1) is 0 Å². The van der Waals surface area contributed by atoms with E-state index in [9.17, 15) is 9.59 Å². The van der Waals surface area contributed by atoms with E-state index in [2.05, 4.69) is 5.32 Å². The van der Waals surface area contributed by atoms with Crippen molar-refractivity contribution in [2.24, 2.45) is 0 Å². The Morgan fingerprint density at radius 1 is 1.21 bits per heavy atom. The molecule has 0 saturated heterocycles. The molecule has 0 atom stereocenters. The maximum atomic E-state index is 11.6. The molecule has 5 heteroatoms. The first kappa shape index (κ1) is 15.2. The molecular formula is C14H19NO4. The zero-order chi connectivity index (χ0) is 14.3. The molecule has 0 aromatic heterocycles. The Labute approximate surface area is 112 Å². The number of carbonyl (C=O) groups is 2. The van der Waals surface area contributed by atoms with Crippen molar-refractivity contribution >= 4 is 11.9 Å². The average molecular weight is 265 g/mol. The molecule has 0 saturated carbocycles. The van der Waals surface area contributed by atoms with Crippen molar-refractivity contribution in [2.45, 2.75) is 26.6 Å². The zero-order valence-electron chi connectivity index (χ0n) is 11.4. The van der Waals surface area contributed by atoms with Crippen molar-refractivity contribution in [2.75, 3.05) is 13.7 Å². The van der Waals surface area contributed by atoms with Gasteiger partial charge in [0.1, 0.15) is 0 Å². The normalized spacial score (nSPS) is 10.3. The maximum absolute atomic E-state index is 11.6. The van der Waals surface area contributed by atoms with Gasteiger partial charge in [-0.2, -0.15) is 0 Å². The van der Waals surface area contributed by atoms with Crippen LogP contribution in [-0.4, -0.2) is 31.6 Å². The highest BCUT2D eigenvalue weighted by atomic mass is 16.5. The Morgan fingerprint density at radius 2 is 1.84 bits per heavy atom. The first-order valence-electron chi connectivity index (χ1n) is 6.11. The van der Waals surface area contributed by atoms with Crippen LogP contribution in [0.25, 0.3) is 0 Å². The number of nitrogens with one attached hydrogen (secondary N) is 1. The number of esters is 1.